The van der Waals surface area contributed by atoms with E-state index < -0.39 is 24.3 Å². The molecule has 164 valence electrons. The van der Waals surface area contributed by atoms with Crippen LogP contribution in [0.5, 0.6) is 0 Å². The van der Waals surface area contributed by atoms with Crippen LogP contribution in [0.25, 0.3) is 22.0 Å². The number of carbonyl (C=O) groups excluding carboxylic acids is 1. The van der Waals surface area contributed by atoms with Gasteiger partial charge in [0.2, 0.25) is 0 Å². The molecule has 10 heteroatoms. The number of aromatic nitrogens is 3. The van der Waals surface area contributed by atoms with Crippen molar-refractivity contribution in [2.75, 3.05) is 13.1 Å². The SMILES string of the molecule is C[C@@H]1CN(Cc2ccc3c(-c4cnn(C)c4)cc(C(N)=O)nc3c2)CC(C(F)(F)F)O1. The summed E-state index contributed by atoms with van der Waals surface area (Å²) in [6, 6.07) is 7.12. The molecule has 0 aliphatic carbocycles. The number of rotatable bonds is 4. The monoisotopic (exact) mass is 433 g/mol. The van der Waals surface area contributed by atoms with Crippen LogP contribution in [0.4, 0.5) is 13.2 Å². The van der Waals surface area contributed by atoms with Crippen LogP contribution in [0.3, 0.4) is 0 Å². The number of carbonyl (C=O) groups is 1. The van der Waals surface area contributed by atoms with Gasteiger partial charge in [-0.25, -0.2) is 4.98 Å². The Balaban J connectivity index is 1.68. The molecular weight excluding hydrogens is 411 g/mol. The third-order valence-corrected chi connectivity index (χ3v) is 5.25. The summed E-state index contributed by atoms with van der Waals surface area (Å²) in [5.41, 5.74) is 8.47. The Morgan fingerprint density at radius 2 is 2.06 bits per heavy atom. The van der Waals surface area contributed by atoms with Gasteiger partial charge < -0.3 is 10.5 Å². The molecule has 3 aromatic rings. The van der Waals surface area contributed by atoms with E-state index in [0.717, 1.165) is 22.1 Å². The summed E-state index contributed by atoms with van der Waals surface area (Å²) in [6.07, 6.45) is -3.25. The zero-order chi connectivity index (χ0) is 22.3. The smallest absolute Gasteiger partial charge is 0.364 e. The van der Waals surface area contributed by atoms with Gasteiger partial charge in [0.25, 0.3) is 5.91 Å². The summed E-state index contributed by atoms with van der Waals surface area (Å²) in [4.78, 5) is 17.9. The number of benzene rings is 1. The molecule has 0 spiro atoms. The van der Waals surface area contributed by atoms with E-state index in [1.807, 2.05) is 18.3 Å². The van der Waals surface area contributed by atoms with Crippen molar-refractivity contribution < 1.29 is 22.7 Å². The minimum absolute atomic E-state index is 0.112. The number of morpholine rings is 1. The van der Waals surface area contributed by atoms with Crippen LogP contribution in [0.15, 0.2) is 36.7 Å². The minimum atomic E-state index is -4.41. The lowest BCUT2D eigenvalue weighted by Gasteiger charge is -2.37. The summed E-state index contributed by atoms with van der Waals surface area (Å²) in [7, 11) is 1.79. The van der Waals surface area contributed by atoms with Crippen molar-refractivity contribution in [3.8, 4) is 11.1 Å². The van der Waals surface area contributed by atoms with Crippen LogP contribution in [-0.2, 0) is 18.3 Å². The second kappa shape index (κ2) is 7.93. The second-order valence-electron chi connectivity index (χ2n) is 7.84. The molecule has 2 atom stereocenters. The highest BCUT2D eigenvalue weighted by atomic mass is 19.4. The fraction of sp³-hybridized carbons (Fsp3) is 0.381. The summed E-state index contributed by atoms with van der Waals surface area (Å²) >= 11 is 0. The van der Waals surface area contributed by atoms with E-state index in [1.165, 1.54) is 0 Å². The second-order valence-corrected chi connectivity index (χ2v) is 7.84. The van der Waals surface area contributed by atoms with Crippen molar-refractivity contribution in [2.24, 2.45) is 12.8 Å². The zero-order valence-corrected chi connectivity index (χ0v) is 17.1. The molecule has 0 bridgehead atoms. The molecule has 1 amide bonds. The number of alkyl halides is 3. The number of hydrogen-bond donors (Lipinski definition) is 1. The maximum absolute atomic E-state index is 13.2. The van der Waals surface area contributed by atoms with Crippen molar-refractivity contribution >= 4 is 16.8 Å². The topological polar surface area (TPSA) is 86.3 Å². The highest BCUT2D eigenvalue weighted by molar-refractivity contribution is 6.00. The van der Waals surface area contributed by atoms with E-state index >= 15 is 0 Å². The van der Waals surface area contributed by atoms with Crippen molar-refractivity contribution in [3.63, 3.8) is 0 Å². The molecule has 3 heterocycles. The molecule has 0 radical (unpaired) electrons. The van der Waals surface area contributed by atoms with Crippen LogP contribution < -0.4 is 5.73 Å². The first-order chi connectivity index (χ1) is 14.6. The lowest BCUT2D eigenvalue weighted by Crippen LogP contribution is -2.51. The summed E-state index contributed by atoms with van der Waals surface area (Å²) in [5, 5.41) is 4.97. The summed E-state index contributed by atoms with van der Waals surface area (Å²) in [5.74, 6) is -0.660. The zero-order valence-electron chi connectivity index (χ0n) is 17.1. The lowest BCUT2D eigenvalue weighted by atomic mass is 10.0. The van der Waals surface area contributed by atoms with E-state index in [2.05, 4.69) is 10.1 Å². The van der Waals surface area contributed by atoms with Crippen LogP contribution in [0.1, 0.15) is 23.0 Å². The Morgan fingerprint density at radius 1 is 1.29 bits per heavy atom. The first-order valence-corrected chi connectivity index (χ1v) is 9.77. The standard InChI is InChI=1S/C21H22F3N5O2/c1-12-8-29(11-19(31-12)21(22,23)24)9-13-3-4-15-16(14-7-26-28(2)10-14)6-18(20(25)30)27-17(15)5-13/h3-7,10,12,19H,8-9,11H2,1-2H3,(H2,25,30)/t12-,19?/m1/s1. The van der Waals surface area contributed by atoms with Gasteiger partial charge in [0.15, 0.2) is 6.10 Å². The van der Waals surface area contributed by atoms with E-state index in [0.29, 0.717) is 18.6 Å². The van der Waals surface area contributed by atoms with Gasteiger partial charge in [-0.2, -0.15) is 18.3 Å². The van der Waals surface area contributed by atoms with Gasteiger partial charge in [-0.1, -0.05) is 12.1 Å². The Hall–Kier alpha value is -2.98. The molecule has 31 heavy (non-hydrogen) atoms. The number of fused-ring (bicyclic) bond motifs is 1. The van der Waals surface area contributed by atoms with Gasteiger partial charge in [0.05, 0.1) is 17.8 Å². The molecule has 1 aliphatic rings. The molecule has 4 rings (SSSR count). The van der Waals surface area contributed by atoms with Crippen LogP contribution in [0.2, 0.25) is 0 Å². The van der Waals surface area contributed by atoms with Crippen molar-refractivity contribution in [3.05, 3.63) is 47.9 Å². The third kappa shape index (κ3) is 4.54. The van der Waals surface area contributed by atoms with E-state index in [-0.39, 0.29) is 12.2 Å². The van der Waals surface area contributed by atoms with Gasteiger partial charge in [0, 0.05) is 43.8 Å². The van der Waals surface area contributed by atoms with Gasteiger partial charge >= 0.3 is 6.18 Å². The summed E-state index contributed by atoms with van der Waals surface area (Å²) in [6.45, 7) is 2.09. The number of halogens is 3. The van der Waals surface area contributed by atoms with Crippen molar-refractivity contribution in [2.45, 2.75) is 31.9 Å². The normalized spacial score (nSPS) is 20.3. The Kier molecular flexibility index (Phi) is 5.44. The fourth-order valence-corrected chi connectivity index (χ4v) is 3.90. The van der Waals surface area contributed by atoms with Crippen LogP contribution in [-0.4, -0.2) is 57.0 Å². The average Bonchev–Trinajstić information content (AvgIpc) is 3.12. The maximum Gasteiger partial charge on any atom is 0.415 e. The molecule has 1 saturated heterocycles. The molecule has 2 N–H and O–H groups in total. The van der Waals surface area contributed by atoms with Crippen LogP contribution in [0, 0.1) is 0 Å². The fourth-order valence-electron chi connectivity index (χ4n) is 3.90. The number of nitrogens with zero attached hydrogens (tertiary/aromatic N) is 4. The average molecular weight is 433 g/mol. The quantitative estimate of drug-likeness (QED) is 0.684. The molecule has 1 aromatic carbocycles. The first-order valence-electron chi connectivity index (χ1n) is 9.77. The number of pyridine rings is 1. The number of nitrogens with two attached hydrogens (primary N) is 1. The maximum atomic E-state index is 13.2. The van der Waals surface area contributed by atoms with E-state index in [4.69, 9.17) is 10.5 Å². The van der Waals surface area contributed by atoms with E-state index in [9.17, 15) is 18.0 Å². The van der Waals surface area contributed by atoms with Gasteiger partial charge in [0.1, 0.15) is 5.69 Å². The Bertz CT molecular complexity index is 1130. The summed E-state index contributed by atoms with van der Waals surface area (Å²) < 4.78 is 46.2. The van der Waals surface area contributed by atoms with Gasteiger partial charge in [-0.05, 0) is 30.2 Å². The third-order valence-electron chi connectivity index (χ3n) is 5.25. The Morgan fingerprint density at radius 3 is 2.71 bits per heavy atom. The highest BCUT2D eigenvalue weighted by Crippen LogP contribution is 2.31. The number of ether oxygens (including phenoxy) is 1. The predicted octanol–water partition coefficient (Wildman–Crippen LogP) is 2.89. The molecule has 0 saturated carbocycles. The van der Waals surface area contributed by atoms with Crippen molar-refractivity contribution in [1.29, 1.82) is 0 Å². The molecule has 1 unspecified atom stereocenters. The predicted molar refractivity (Wildman–Crippen MR) is 108 cm³/mol. The lowest BCUT2D eigenvalue weighted by molar-refractivity contribution is -0.252. The van der Waals surface area contributed by atoms with Gasteiger partial charge in [-0.15, -0.1) is 0 Å². The molecule has 2 aromatic heterocycles. The van der Waals surface area contributed by atoms with Crippen molar-refractivity contribution in [1.82, 2.24) is 19.7 Å². The molecule has 1 fully saturated rings. The Labute approximate surface area is 176 Å². The number of primary amides is 1. The van der Waals surface area contributed by atoms with E-state index in [1.54, 1.807) is 41.9 Å². The molecule has 7 nitrogen and oxygen atoms in total. The largest absolute Gasteiger partial charge is 0.415 e. The van der Waals surface area contributed by atoms with Crippen LogP contribution >= 0.6 is 0 Å². The number of amides is 1. The molecular formula is C21H22F3N5O2. The minimum Gasteiger partial charge on any atom is -0.364 e. The number of aryl methyl sites for hydroxylation is 1. The molecule has 1 aliphatic heterocycles. The number of hydrogen-bond acceptors (Lipinski definition) is 5. The van der Waals surface area contributed by atoms with Gasteiger partial charge in [-0.3, -0.25) is 14.4 Å². The highest BCUT2D eigenvalue weighted by Gasteiger charge is 2.44. The first kappa shape index (κ1) is 21.3.